The van der Waals surface area contributed by atoms with Gasteiger partial charge in [-0.25, -0.2) is 0 Å². The molecule has 0 N–H and O–H groups in total. The number of halogens is 6. The number of alkyl halides is 6. The van der Waals surface area contributed by atoms with E-state index < -0.39 is 24.2 Å². The first-order valence-corrected chi connectivity index (χ1v) is 10.9. The van der Waals surface area contributed by atoms with Gasteiger partial charge in [-0.3, -0.25) is 0 Å². The van der Waals surface area contributed by atoms with Crippen molar-refractivity contribution >= 4 is 11.1 Å². The maximum atomic E-state index is 12.6. The number of benzene rings is 2. The lowest BCUT2D eigenvalue weighted by Gasteiger charge is -2.13. The first kappa shape index (κ1) is 27.3. The van der Waals surface area contributed by atoms with Gasteiger partial charge in [-0.05, 0) is 69.8 Å². The lowest BCUT2D eigenvalue weighted by atomic mass is 9.90. The molecule has 196 valence electrons. The van der Waals surface area contributed by atoms with Crippen molar-refractivity contribution in [1.82, 2.24) is 0 Å². The van der Waals surface area contributed by atoms with E-state index in [2.05, 4.69) is 9.47 Å². The second-order valence-corrected chi connectivity index (χ2v) is 8.03. The first-order chi connectivity index (χ1) is 18.9. The van der Waals surface area contributed by atoms with Gasteiger partial charge in [-0.1, -0.05) is 24.3 Å². The summed E-state index contributed by atoms with van der Waals surface area (Å²) >= 11 is 0. The van der Waals surface area contributed by atoms with E-state index in [1.165, 1.54) is 36.4 Å². The molecule has 0 amide bonds. The summed E-state index contributed by atoms with van der Waals surface area (Å²) in [5.41, 5.74) is 1.17. The molecule has 0 spiro atoms. The summed E-state index contributed by atoms with van der Waals surface area (Å²) in [4.78, 5) is 0. The predicted molar refractivity (Wildman–Crippen MR) is 126 cm³/mol. The van der Waals surface area contributed by atoms with Crippen LogP contribution in [0.15, 0.2) is 94.1 Å². The van der Waals surface area contributed by atoms with Gasteiger partial charge in [0.1, 0.15) is 46.9 Å². The van der Waals surface area contributed by atoms with Crippen molar-refractivity contribution in [3.63, 3.8) is 0 Å². The Hall–Kier alpha value is -5.72. The van der Waals surface area contributed by atoms with Crippen molar-refractivity contribution in [3.8, 4) is 35.8 Å². The van der Waals surface area contributed by atoms with Crippen molar-refractivity contribution in [2.45, 2.75) is 12.7 Å². The van der Waals surface area contributed by atoms with Crippen molar-refractivity contribution < 1.29 is 35.8 Å². The number of nitriles is 4. The normalized spacial score (nSPS) is 14.2. The molecule has 0 saturated heterocycles. The molecule has 4 rings (SSSR count). The SMILES string of the molecule is N#CC(C#N)=C1C(c2ccc(OC(F)(F)F)cc2)=CC2=C1C=C(c1ccc(OC(F)(F)F)cc1)C2=C(C#N)C#N. The highest BCUT2D eigenvalue weighted by Gasteiger charge is 2.36. The zero-order chi connectivity index (χ0) is 29.2. The van der Waals surface area contributed by atoms with E-state index in [-0.39, 0.29) is 44.6 Å². The third-order valence-corrected chi connectivity index (χ3v) is 5.69. The quantitative estimate of drug-likeness (QED) is 0.301. The molecule has 0 unspecified atom stereocenters. The van der Waals surface area contributed by atoms with Crippen LogP contribution >= 0.6 is 0 Å². The van der Waals surface area contributed by atoms with Crippen molar-refractivity contribution in [2.75, 3.05) is 0 Å². The molecule has 0 saturated carbocycles. The fourth-order valence-corrected chi connectivity index (χ4v) is 4.23. The summed E-state index contributed by atoms with van der Waals surface area (Å²) in [5, 5.41) is 38.6. The highest BCUT2D eigenvalue weighted by molar-refractivity contribution is 6.05. The van der Waals surface area contributed by atoms with Crippen molar-refractivity contribution in [3.05, 3.63) is 105 Å². The number of ether oxygens (including phenoxy) is 2. The molecule has 0 fully saturated rings. The van der Waals surface area contributed by atoms with Crippen molar-refractivity contribution in [2.24, 2.45) is 0 Å². The molecular weight excluding hydrogens is 538 g/mol. The molecule has 40 heavy (non-hydrogen) atoms. The average molecular weight is 548 g/mol. The number of hydrogen-bond donors (Lipinski definition) is 0. The third kappa shape index (κ3) is 5.43. The van der Waals surface area contributed by atoms with Gasteiger partial charge in [-0.15, -0.1) is 26.3 Å². The van der Waals surface area contributed by atoms with Gasteiger partial charge in [0.25, 0.3) is 0 Å². The van der Waals surface area contributed by atoms with Gasteiger partial charge >= 0.3 is 12.7 Å². The standard InChI is InChI=1S/C28H10F6N4O2/c29-27(30,31)39-19-5-1-15(2-6-19)21-9-23-24(25(21)17(11-35)12-36)10-22(26(23)18(13-37)14-38)16-3-7-20(8-4-16)40-28(32,33)34/h1-10H. The average Bonchev–Trinajstić information content (AvgIpc) is 3.42. The van der Waals surface area contributed by atoms with E-state index >= 15 is 0 Å². The third-order valence-electron chi connectivity index (χ3n) is 5.69. The summed E-state index contributed by atoms with van der Waals surface area (Å²) in [7, 11) is 0. The number of allylic oxidation sites excluding steroid dienone is 10. The number of hydrogen-bond acceptors (Lipinski definition) is 6. The van der Waals surface area contributed by atoms with Crippen LogP contribution in [0.4, 0.5) is 26.3 Å². The predicted octanol–water partition coefficient (Wildman–Crippen LogP) is 6.96. The van der Waals surface area contributed by atoms with Crippen LogP contribution in [-0.2, 0) is 0 Å². The Morgan fingerprint density at radius 1 is 0.525 bits per heavy atom. The Morgan fingerprint density at radius 3 is 1.07 bits per heavy atom. The Bertz CT molecular complexity index is 1570. The molecule has 0 atom stereocenters. The van der Waals surface area contributed by atoms with Crippen LogP contribution < -0.4 is 9.47 Å². The molecule has 0 heterocycles. The minimum absolute atomic E-state index is 0.101. The van der Waals surface area contributed by atoms with Crippen LogP contribution in [0.3, 0.4) is 0 Å². The summed E-state index contributed by atoms with van der Waals surface area (Å²) in [6.07, 6.45) is -6.87. The van der Waals surface area contributed by atoms with Crippen molar-refractivity contribution in [1.29, 1.82) is 21.0 Å². The molecule has 0 radical (unpaired) electrons. The van der Waals surface area contributed by atoms with Crippen LogP contribution in [0.5, 0.6) is 11.5 Å². The molecule has 0 bridgehead atoms. The van der Waals surface area contributed by atoms with E-state index in [1.807, 2.05) is 0 Å². The minimum Gasteiger partial charge on any atom is -0.406 e. The number of nitrogens with zero attached hydrogens (tertiary/aromatic N) is 4. The van der Waals surface area contributed by atoms with Gasteiger partial charge in [0, 0.05) is 11.1 Å². The fourth-order valence-electron chi connectivity index (χ4n) is 4.23. The molecule has 12 heteroatoms. The van der Waals surface area contributed by atoms with E-state index in [4.69, 9.17) is 0 Å². The lowest BCUT2D eigenvalue weighted by Crippen LogP contribution is -2.17. The molecule has 0 aliphatic heterocycles. The molecule has 6 nitrogen and oxygen atoms in total. The second-order valence-electron chi connectivity index (χ2n) is 8.03. The van der Waals surface area contributed by atoms with Crippen LogP contribution in [0, 0.1) is 45.3 Å². The lowest BCUT2D eigenvalue weighted by molar-refractivity contribution is -0.275. The smallest absolute Gasteiger partial charge is 0.406 e. The number of rotatable bonds is 4. The van der Waals surface area contributed by atoms with E-state index in [9.17, 15) is 47.4 Å². The molecular formula is C28H10F6N4O2. The van der Waals surface area contributed by atoms with Crippen LogP contribution in [0.25, 0.3) is 11.1 Å². The molecule has 2 aliphatic rings. The van der Waals surface area contributed by atoms with E-state index in [1.54, 1.807) is 24.3 Å². The highest BCUT2D eigenvalue weighted by atomic mass is 19.4. The van der Waals surface area contributed by atoms with Crippen LogP contribution in [0.1, 0.15) is 11.1 Å². The fraction of sp³-hybridized carbons (Fsp3) is 0.0714. The maximum absolute atomic E-state index is 12.6. The minimum atomic E-state index is -4.92. The van der Waals surface area contributed by atoms with Gasteiger partial charge in [0.05, 0.1) is 0 Å². The van der Waals surface area contributed by atoms with Gasteiger partial charge < -0.3 is 9.47 Å². The molecule has 0 aromatic heterocycles. The molecule has 2 aromatic carbocycles. The Balaban J connectivity index is 1.85. The second kappa shape index (κ2) is 10.2. The van der Waals surface area contributed by atoms with E-state index in [0.29, 0.717) is 11.1 Å². The Kier molecular flexibility index (Phi) is 6.97. The summed E-state index contributed by atoms with van der Waals surface area (Å²) in [5.74, 6) is -1.00. The van der Waals surface area contributed by atoms with Gasteiger partial charge in [-0.2, -0.15) is 21.0 Å². The zero-order valence-electron chi connectivity index (χ0n) is 19.6. The summed E-state index contributed by atoms with van der Waals surface area (Å²) < 4.78 is 83.2. The van der Waals surface area contributed by atoms with Gasteiger partial charge in [0.2, 0.25) is 0 Å². The van der Waals surface area contributed by atoms with Gasteiger partial charge in [0.15, 0.2) is 0 Å². The van der Waals surface area contributed by atoms with Crippen LogP contribution in [0.2, 0.25) is 0 Å². The highest BCUT2D eigenvalue weighted by Crippen LogP contribution is 2.51. The van der Waals surface area contributed by atoms with Crippen LogP contribution in [-0.4, -0.2) is 12.7 Å². The largest absolute Gasteiger partial charge is 0.573 e. The first-order valence-electron chi connectivity index (χ1n) is 10.9. The summed E-state index contributed by atoms with van der Waals surface area (Å²) in [6, 6.07) is 16.4. The monoisotopic (exact) mass is 548 g/mol. The Morgan fingerprint density at radius 2 is 0.825 bits per heavy atom. The molecule has 2 aliphatic carbocycles. The zero-order valence-corrected chi connectivity index (χ0v) is 19.6. The Labute approximate surface area is 222 Å². The topological polar surface area (TPSA) is 114 Å². The van der Waals surface area contributed by atoms with E-state index in [0.717, 1.165) is 24.3 Å². The summed E-state index contributed by atoms with van der Waals surface area (Å²) in [6.45, 7) is 0. The molecule has 2 aromatic rings. The maximum Gasteiger partial charge on any atom is 0.573 e.